The molecule has 5 nitrogen and oxygen atoms in total. The molecule has 2 aliphatic carbocycles. The van der Waals surface area contributed by atoms with Crippen molar-refractivity contribution in [3.8, 4) is 0 Å². The van der Waals surface area contributed by atoms with Crippen LogP contribution in [-0.4, -0.2) is 32.9 Å². The number of anilines is 1. The maximum absolute atomic E-state index is 12.7. The number of aromatic nitrogens is 3. The standard InChI is InChI=1S/C12H13ClF3N5/c1-2-6(12(14,15)16)17-9-19-8(13)20-10(21-9)18-7-5-11(7)3-4-11/h6H,2-5H2,1H3,(H,17,19,20,21)/t6-/m1/s1. The molecule has 114 valence electrons. The maximum atomic E-state index is 12.7. The van der Waals surface area contributed by atoms with Gasteiger partial charge in [-0.05, 0) is 37.3 Å². The van der Waals surface area contributed by atoms with Crippen LogP contribution in [0.25, 0.3) is 0 Å². The number of nitrogens with zero attached hydrogens (tertiary/aromatic N) is 4. The average Bonchev–Trinajstić information content (AvgIpc) is 3.26. The molecular formula is C12H13ClF3N5. The summed E-state index contributed by atoms with van der Waals surface area (Å²) in [7, 11) is 0. The lowest BCUT2D eigenvalue weighted by Crippen LogP contribution is -2.36. The summed E-state index contributed by atoms with van der Waals surface area (Å²) in [5.41, 5.74) is 1.24. The molecule has 2 saturated carbocycles. The first-order valence-corrected chi connectivity index (χ1v) is 7.03. The first kappa shape index (κ1) is 14.5. The Morgan fingerprint density at radius 1 is 1.33 bits per heavy atom. The van der Waals surface area contributed by atoms with Crippen molar-refractivity contribution in [1.82, 2.24) is 15.0 Å². The fourth-order valence-corrected chi connectivity index (χ4v) is 2.35. The van der Waals surface area contributed by atoms with Gasteiger partial charge in [0.2, 0.25) is 11.2 Å². The molecule has 9 heteroatoms. The Hall–Kier alpha value is -1.44. The topological polar surface area (TPSA) is 63.1 Å². The van der Waals surface area contributed by atoms with E-state index in [9.17, 15) is 13.2 Å². The predicted molar refractivity (Wildman–Crippen MR) is 72.0 cm³/mol. The Labute approximate surface area is 124 Å². The van der Waals surface area contributed by atoms with Gasteiger partial charge in [0.15, 0.2) is 0 Å². The first-order valence-electron chi connectivity index (χ1n) is 6.65. The van der Waals surface area contributed by atoms with Crippen LogP contribution in [0, 0.1) is 5.41 Å². The fourth-order valence-electron chi connectivity index (χ4n) is 2.20. The molecule has 0 amide bonds. The molecule has 1 N–H and O–H groups in total. The van der Waals surface area contributed by atoms with Crippen LogP contribution in [-0.2, 0) is 0 Å². The predicted octanol–water partition coefficient (Wildman–Crippen LogP) is 3.53. The van der Waals surface area contributed by atoms with E-state index >= 15 is 0 Å². The van der Waals surface area contributed by atoms with Gasteiger partial charge in [-0.25, -0.2) is 4.99 Å². The minimum atomic E-state index is -4.38. The van der Waals surface area contributed by atoms with E-state index < -0.39 is 12.2 Å². The second-order valence-corrected chi connectivity index (χ2v) is 5.73. The molecule has 2 fully saturated rings. The third kappa shape index (κ3) is 3.09. The molecule has 21 heavy (non-hydrogen) atoms. The molecule has 1 aromatic rings. The van der Waals surface area contributed by atoms with Gasteiger partial charge >= 0.3 is 6.18 Å². The van der Waals surface area contributed by atoms with Crippen molar-refractivity contribution in [2.45, 2.75) is 44.8 Å². The van der Waals surface area contributed by atoms with Crippen molar-refractivity contribution in [3.63, 3.8) is 0 Å². The van der Waals surface area contributed by atoms with Crippen LogP contribution in [0.2, 0.25) is 5.28 Å². The smallest absolute Gasteiger partial charge is 0.342 e. The molecule has 0 radical (unpaired) electrons. The Balaban J connectivity index is 1.79. The fraction of sp³-hybridized carbons (Fsp3) is 0.667. The number of halogens is 4. The minimum Gasteiger partial charge on any atom is -0.342 e. The molecule has 2 aliphatic rings. The van der Waals surface area contributed by atoms with Crippen LogP contribution in [0.1, 0.15) is 32.6 Å². The van der Waals surface area contributed by atoms with Crippen molar-refractivity contribution in [1.29, 1.82) is 0 Å². The summed E-state index contributed by atoms with van der Waals surface area (Å²) in [5.74, 6) is -0.141. The van der Waals surface area contributed by atoms with Gasteiger partial charge in [-0.1, -0.05) is 6.92 Å². The molecule has 1 atom stereocenters. The van der Waals surface area contributed by atoms with Gasteiger partial charge in [0.25, 0.3) is 5.95 Å². The lowest BCUT2D eigenvalue weighted by molar-refractivity contribution is -0.143. The van der Waals surface area contributed by atoms with Crippen LogP contribution in [0.4, 0.5) is 25.1 Å². The Bertz CT molecular complexity index is 597. The van der Waals surface area contributed by atoms with Gasteiger partial charge in [-0.2, -0.15) is 28.1 Å². The molecule has 0 bridgehead atoms. The van der Waals surface area contributed by atoms with Gasteiger partial charge in [0.1, 0.15) is 6.04 Å². The van der Waals surface area contributed by atoms with Gasteiger partial charge < -0.3 is 5.32 Å². The summed E-state index contributed by atoms with van der Waals surface area (Å²) < 4.78 is 38.2. The van der Waals surface area contributed by atoms with E-state index in [1.54, 1.807) is 0 Å². The molecule has 1 heterocycles. The Morgan fingerprint density at radius 2 is 2.05 bits per heavy atom. The van der Waals surface area contributed by atoms with Crippen LogP contribution in [0.3, 0.4) is 0 Å². The van der Waals surface area contributed by atoms with E-state index in [4.69, 9.17) is 11.6 Å². The highest BCUT2D eigenvalue weighted by Gasteiger charge is 2.60. The number of hydrogen-bond acceptors (Lipinski definition) is 5. The van der Waals surface area contributed by atoms with Gasteiger partial charge in [-0.15, -0.1) is 0 Å². The summed E-state index contributed by atoms with van der Waals surface area (Å²) in [4.78, 5) is 15.7. The summed E-state index contributed by atoms with van der Waals surface area (Å²) >= 11 is 5.73. The van der Waals surface area contributed by atoms with Crippen molar-refractivity contribution >= 4 is 29.2 Å². The molecular weight excluding hydrogens is 307 g/mol. The van der Waals surface area contributed by atoms with Crippen LogP contribution >= 0.6 is 11.6 Å². The van der Waals surface area contributed by atoms with E-state index in [1.165, 1.54) is 6.92 Å². The maximum Gasteiger partial charge on any atom is 0.408 e. The molecule has 3 rings (SSSR count). The van der Waals surface area contributed by atoms with E-state index in [0.29, 0.717) is 0 Å². The van der Waals surface area contributed by atoms with E-state index in [0.717, 1.165) is 25.0 Å². The van der Waals surface area contributed by atoms with Gasteiger partial charge in [0.05, 0.1) is 0 Å². The lowest BCUT2D eigenvalue weighted by atomic mass is 10.2. The number of rotatable bonds is 4. The molecule has 0 saturated heterocycles. The van der Waals surface area contributed by atoms with E-state index in [-0.39, 0.29) is 29.0 Å². The first-order chi connectivity index (χ1) is 9.82. The third-order valence-corrected chi connectivity index (χ3v) is 3.95. The quantitative estimate of drug-likeness (QED) is 0.922. The summed E-state index contributed by atoms with van der Waals surface area (Å²) in [6, 6.07) is -1.73. The molecule has 0 unspecified atom stereocenters. The highest BCUT2D eigenvalue weighted by Crippen LogP contribution is 2.63. The van der Waals surface area contributed by atoms with E-state index in [1.807, 2.05) is 0 Å². The third-order valence-electron chi connectivity index (χ3n) is 3.78. The number of hydrogen-bond donors (Lipinski definition) is 1. The second-order valence-electron chi connectivity index (χ2n) is 5.39. The number of aliphatic imine (C=N–C) groups is 1. The zero-order valence-electron chi connectivity index (χ0n) is 11.2. The molecule has 0 aromatic carbocycles. The summed E-state index contributed by atoms with van der Waals surface area (Å²) in [5, 5.41) is 2.07. The van der Waals surface area contributed by atoms with Gasteiger partial charge in [-0.3, -0.25) is 0 Å². The van der Waals surface area contributed by atoms with Crippen LogP contribution < -0.4 is 5.32 Å². The van der Waals surface area contributed by atoms with Gasteiger partial charge in [0, 0.05) is 11.1 Å². The monoisotopic (exact) mass is 319 g/mol. The normalized spacial score (nSPS) is 22.4. The highest BCUT2D eigenvalue weighted by molar-refractivity contribution is 6.28. The minimum absolute atomic E-state index is 0.0632. The SMILES string of the molecule is CC[C@@H](Nc1nc(Cl)nc(N=C2CC23CC3)n1)C(F)(F)F. The van der Waals surface area contributed by atoms with Crippen molar-refractivity contribution in [2.24, 2.45) is 10.4 Å². The average molecular weight is 320 g/mol. The van der Waals surface area contributed by atoms with Crippen molar-refractivity contribution < 1.29 is 13.2 Å². The Kier molecular flexibility index (Phi) is 3.31. The molecule has 0 aliphatic heterocycles. The Morgan fingerprint density at radius 3 is 2.57 bits per heavy atom. The molecule has 1 aromatic heterocycles. The number of alkyl halides is 3. The molecule has 1 spiro atoms. The highest BCUT2D eigenvalue weighted by atomic mass is 35.5. The van der Waals surface area contributed by atoms with Crippen molar-refractivity contribution in [2.75, 3.05) is 5.32 Å². The zero-order valence-corrected chi connectivity index (χ0v) is 12.0. The van der Waals surface area contributed by atoms with E-state index in [2.05, 4.69) is 25.3 Å². The zero-order chi connectivity index (χ0) is 15.3. The lowest BCUT2D eigenvalue weighted by Gasteiger charge is -2.19. The van der Waals surface area contributed by atoms with Crippen molar-refractivity contribution in [3.05, 3.63) is 5.28 Å². The second kappa shape index (κ2) is 4.79. The largest absolute Gasteiger partial charge is 0.408 e. The van der Waals surface area contributed by atoms with Crippen LogP contribution in [0.15, 0.2) is 4.99 Å². The van der Waals surface area contributed by atoms with Crippen LogP contribution in [0.5, 0.6) is 0 Å². The summed E-state index contributed by atoms with van der Waals surface area (Å²) in [6.45, 7) is 1.43. The number of nitrogens with one attached hydrogen (secondary N) is 1. The summed E-state index contributed by atoms with van der Waals surface area (Å²) in [6.07, 6.45) is -1.38.